The number of benzene rings is 7. The third kappa shape index (κ3) is 22.2. The Morgan fingerprint density at radius 3 is 1.22 bits per heavy atom. The van der Waals surface area contributed by atoms with Gasteiger partial charge in [0.1, 0.15) is 23.1 Å². The molecular weight excluding hydrogens is 1340 g/mol. The summed E-state index contributed by atoms with van der Waals surface area (Å²) in [5.41, 5.74) is 8.95. The number of aryl methyl sites for hydroxylation is 1. The summed E-state index contributed by atoms with van der Waals surface area (Å²) in [6, 6.07) is 56.7. The van der Waals surface area contributed by atoms with Crippen LogP contribution in [0.5, 0.6) is 17.2 Å². The lowest BCUT2D eigenvalue weighted by Gasteiger charge is -2.18. The summed E-state index contributed by atoms with van der Waals surface area (Å²) in [5.74, 6) is -0.536. The predicted molar refractivity (Wildman–Crippen MR) is 388 cm³/mol. The minimum absolute atomic E-state index is 0.00471. The van der Waals surface area contributed by atoms with Crippen molar-refractivity contribution in [3.8, 4) is 28.4 Å². The highest BCUT2D eigenvalue weighted by Gasteiger charge is 2.24. The van der Waals surface area contributed by atoms with Crippen molar-refractivity contribution in [3.05, 3.63) is 309 Å². The van der Waals surface area contributed by atoms with Crippen LogP contribution in [-0.4, -0.2) is 137 Å². The number of aliphatic carboxylic acids is 3. The SMILES string of the molecule is COC(=O)CC(c1ccc(OC)cc1)n1ccnc1.COC(=O)CC(c1ccccc1)n1cnc(C(=O)OC)c1.Cc1nc2ccc(C(CC(=O)O)n3ccnc3)cc2[nH]1.O=C(O)CC(c1ccc(-c2ccccc2)cc1)n1ccnc1.O=C(O)CC(c1ccc(Oc2ccccc2)cc1)n1ccnc1. The van der Waals surface area contributed by atoms with Gasteiger partial charge in [-0.3, -0.25) is 24.0 Å². The maximum Gasteiger partial charge on any atom is 0.358 e. The van der Waals surface area contributed by atoms with E-state index in [9.17, 15) is 28.8 Å². The minimum Gasteiger partial charge on any atom is -0.497 e. The van der Waals surface area contributed by atoms with E-state index in [2.05, 4.69) is 51.8 Å². The zero-order chi connectivity index (χ0) is 74.5. The lowest BCUT2D eigenvalue weighted by atomic mass is 9.99. The van der Waals surface area contributed by atoms with E-state index in [4.69, 9.17) is 34.3 Å². The third-order valence-corrected chi connectivity index (χ3v) is 16.5. The highest BCUT2D eigenvalue weighted by Crippen LogP contribution is 2.31. The summed E-state index contributed by atoms with van der Waals surface area (Å²) < 4.78 is 34.0. The van der Waals surface area contributed by atoms with Gasteiger partial charge < -0.3 is 66.8 Å². The van der Waals surface area contributed by atoms with Crippen molar-refractivity contribution in [2.24, 2.45) is 0 Å². The van der Waals surface area contributed by atoms with Crippen LogP contribution >= 0.6 is 0 Å². The number of hydrogen-bond donors (Lipinski definition) is 4. The molecule has 13 rings (SSSR count). The summed E-state index contributed by atoms with van der Waals surface area (Å²) in [4.78, 5) is 95.5. The van der Waals surface area contributed by atoms with Gasteiger partial charge in [0.05, 0.1) is 133 Å². The van der Waals surface area contributed by atoms with Crippen LogP contribution in [-0.2, 0) is 38.2 Å². The van der Waals surface area contributed by atoms with Gasteiger partial charge in [0.25, 0.3) is 0 Å². The molecule has 0 radical (unpaired) electrons. The Hall–Kier alpha value is -13.5. The fourth-order valence-electron chi connectivity index (χ4n) is 11.3. The molecule has 6 aromatic heterocycles. The topological polar surface area (TPSA) is 327 Å². The molecule has 5 unspecified atom stereocenters. The first-order valence-electron chi connectivity index (χ1n) is 32.9. The normalized spacial score (nSPS) is 12.0. The molecule has 7 aromatic carbocycles. The molecule has 13 aromatic rings. The van der Waals surface area contributed by atoms with E-state index in [1.165, 1.54) is 27.7 Å². The fraction of sp³-hybridized carbons (Fsp3) is 0.190. The van der Waals surface area contributed by atoms with Crippen molar-refractivity contribution < 1.29 is 67.8 Å². The van der Waals surface area contributed by atoms with E-state index in [1.807, 2.05) is 192 Å². The second-order valence-corrected chi connectivity index (χ2v) is 23.4. The van der Waals surface area contributed by atoms with Gasteiger partial charge >= 0.3 is 35.8 Å². The fourth-order valence-corrected chi connectivity index (χ4v) is 11.3. The summed E-state index contributed by atoms with van der Waals surface area (Å²) >= 11 is 0. The lowest BCUT2D eigenvalue weighted by molar-refractivity contribution is -0.142. The van der Waals surface area contributed by atoms with Crippen molar-refractivity contribution >= 4 is 46.8 Å². The predicted octanol–water partition coefficient (Wildman–Crippen LogP) is 13.4. The number of hydrogen-bond acceptors (Lipinski definition) is 17. The summed E-state index contributed by atoms with van der Waals surface area (Å²) in [6.45, 7) is 1.89. The van der Waals surface area contributed by atoms with E-state index in [1.54, 1.807) is 95.7 Å². The average molecular weight is 1420 g/mol. The molecule has 0 aliphatic rings. The summed E-state index contributed by atoms with van der Waals surface area (Å²) in [5, 5.41) is 27.4. The molecule has 5 atom stereocenters. The van der Waals surface area contributed by atoms with E-state index >= 15 is 0 Å². The molecule has 105 heavy (non-hydrogen) atoms. The van der Waals surface area contributed by atoms with Crippen molar-refractivity contribution in [2.45, 2.75) is 69.2 Å². The Labute approximate surface area is 604 Å². The molecule has 0 amide bonds. The van der Waals surface area contributed by atoms with Gasteiger partial charge in [-0.1, -0.05) is 133 Å². The number of aromatic amines is 1. The first-order chi connectivity index (χ1) is 51.0. The van der Waals surface area contributed by atoms with Crippen molar-refractivity contribution in [1.29, 1.82) is 0 Å². The Balaban J connectivity index is 0.000000152. The average Bonchev–Trinajstić information content (AvgIpc) is 1.75. The number of nitrogens with one attached hydrogen (secondary N) is 1. The van der Waals surface area contributed by atoms with Crippen LogP contribution < -0.4 is 9.47 Å². The van der Waals surface area contributed by atoms with Crippen LogP contribution in [0.3, 0.4) is 0 Å². The highest BCUT2D eigenvalue weighted by molar-refractivity contribution is 5.87. The molecule has 0 aliphatic heterocycles. The Bertz CT molecular complexity index is 4790. The van der Waals surface area contributed by atoms with Gasteiger partial charge in [-0.25, -0.2) is 34.7 Å². The quantitative estimate of drug-likeness (QED) is 0.0305. The van der Waals surface area contributed by atoms with Crippen molar-refractivity contribution in [2.75, 3.05) is 28.4 Å². The molecule has 4 N–H and O–H groups in total. The molecule has 0 fully saturated rings. The highest BCUT2D eigenvalue weighted by atomic mass is 16.5. The molecule has 0 bridgehead atoms. The van der Waals surface area contributed by atoms with Gasteiger partial charge in [-0.15, -0.1) is 0 Å². The Morgan fingerprint density at radius 2 is 0.790 bits per heavy atom. The van der Waals surface area contributed by atoms with Crippen LogP contribution in [0.25, 0.3) is 22.2 Å². The first kappa shape index (κ1) is 75.7. The molecule has 538 valence electrons. The number of esters is 3. The molecule has 26 nitrogen and oxygen atoms in total. The smallest absolute Gasteiger partial charge is 0.358 e. The number of para-hydroxylation sites is 1. The molecule has 26 heteroatoms. The zero-order valence-corrected chi connectivity index (χ0v) is 58.1. The second kappa shape index (κ2) is 38.3. The monoisotopic (exact) mass is 1420 g/mol. The van der Waals surface area contributed by atoms with E-state index in [0.717, 1.165) is 67.3 Å². The van der Waals surface area contributed by atoms with Gasteiger partial charge in [-0.05, 0) is 94.4 Å². The number of carbonyl (C=O) groups excluding carboxylic acids is 3. The van der Waals surface area contributed by atoms with Gasteiger partial charge in [0.2, 0.25) is 0 Å². The molecule has 0 aliphatic carbocycles. The van der Waals surface area contributed by atoms with Crippen LogP contribution in [0.1, 0.15) is 106 Å². The second-order valence-electron chi connectivity index (χ2n) is 23.4. The summed E-state index contributed by atoms with van der Waals surface area (Å²) in [6.07, 6.45) is 23.9. The van der Waals surface area contributed by atoms with Crippen molar-refractivity contribution in [3.63, 3.8) is 0 Å². The number of imidazole rings is 6. The molecule has 6 heterocycles. The molecule has 0 saturated heterocycles. The lowest BCUT2D eigenvalue weighted by Crippen LogP contribution is -2.15. The van der Waals surface area contributed by atoms with Gasteiger partial charge in [0.15, 0.2) is 5.69 Å². The number of fused-ring (bicyclic) bond motifs is 1. The van der Waals surface area contributed by atoms with Crippen molar-refractivity contribution in [1.82, 2.24) is 57.7 Å². The number of ether oxygens (including phenoxy) is 5. The number of rotatable bonds is 25. The van der Waals surface area contributed by atoms with Gasteiger partial charge in [-0.2, -0.15) is 0 Å². The molecule has 0 spiro atoms. The standard InChI is InChI=1S/C18H16N2O3.C18H16N2O2.C15H16N2O4.C14H14N4O2.C14H16N2O3/c21-18(22)12-17(20-11-10-19-13-20)14-6-8-16(9-7-14)23-15-4-2-1-3-5-15;21-18(22)12-17(20-11-10-19-13-20)16-8-6-15(7-9-16)14-4-2-1-3-5-14;1-20-14(18)8-13(11-6-4-3-5-7-11)17-9-12(16-10-17)15(19)21-2;1-9-16-11-3-2-10(6-12(11)17-9)13(7-14(19)20)18-5-4-15-8-18;1-18-12-5-3-11(4-6-12)13(9-14(17)19-2)16-8-7-15-10-16/h1-11,13,17H,12H2,(H,21,22);1-11,13,17H,12H2,(H,21,22);3-7,9-10,13H,8H2,1-2H3;2-6,8,13H,7H2,1H3,(H,16,17)(H,19,20);3-8,10,13H,9H2,1-2H3. The largest absolute Gasteiger partial charge is 0.497 e. The number of H-pyrrole nitrogens is 1. The number of carbonyl (C=O) groups is 6. The third-order valence-electron chi connectivity index (χ3n) is 16.5. The maximum absolute atomic E-state index is 11.6. The summed E-state index contributed by atoms with van der Waals surface area (Å²) in [7, 11) is 5.65. The number of methoxy groups -OCH3 is 4. The Kier molecular flexibility index (Phi) is 27.6. The van der Waals surface area contributed by atoms with E-state index < -0.39 is 23.9 Å². The van der Waals surface area contributed by atoms with Crippen LogP contribution in [0.15, 0.2) is 269 Å². The number of nitrogens with zero attached hydrogens (tertiary/aromatic N) is 11. The molecular formula is C79H78N12O14. The molecule has 0 saturated carbocycles. The van der Waals surface area contributed by atoms with Crippen LogP contribution in [0.4, 0.5) is 0 Å². The number of carboxylic acid groups (broad SMARTS) is 3. The van der Waals surface area contributed by atoms with Crippen LogP contribution in [0, 0.1) is 6.92 Å². The number of aromatic nitrogens is 12. The maximum atomic E-state index is 11.6. The van der Waals surface area contributed by atoms with E-state index in [0.29, 0.717) is 5.75 Å². The first-order valence-corrected chi connectivity index (χ1v) is 32.9. The van der Waals surface area contributed by atoms with Crippen LogP contribution in [0.2, 0.25) is 0 Å². The Morgan fingerprint density at radius 1 is 0.410 bits per heavy atom. The minimum atomic E-state index is -0.853. The zero-order valence-electron chi connectivity index (χ0n) is 58.1. The van der Waals surface area contributed by atoms with Gasteiger partial charge in [0, 0.05) is 55.8 Å². The number of carboxylic acids is 3. The van der Waals surface area contributed by atoms with E-state index in [-0.39, 0.29) is 79.9 Å².